The lowest BCUT2D eigenvalue weighted by Gasteiger charge is -2.29. The third kappa shape index (κ3) is 5.38. The van der Waals surface area contributed by atoms with Crippen molar-refractivity contribution in [1.82, 2.24) is 20.0 Å². The second-order valence-electron chi connectivity index (χ2n) is 7.83. The standard InChI is InChI=1S/C24H26N4O3/c29-22-7-4-12-27(17-22)24(31)20-15-26-28(16-20)21-10-8-19(9-11-21)14-25-23(30)13-18-5-2-1-3-6-18/h1-3,5-6,8-11,15-16,22,29H,4,7,12-14,17H2,(H,25,30). The van der Waals surface area contributed by atoms with E-state index < -0.39 is 6.10 Å². The van der Waals surface area contributed by atoms with E-state index in [1.165, 1.54) is 0 Å². The average molecular weight is 418 g/mol. The van der Waals surface area contributed by atoms with Gasteiger partial charge in [0, 0.05) is 25.8 Å². The van der Waals surface area contributed by atoms with Crippen molar-refractivity contribution in [1.29, 1.82) is 0 Å². The Morgan fingerprint density at radius 2 is 1.84 bits per heavy atom. The molecule has 1 unspecified atom stereocenters. The zero-order valence-corrected chi connectivity index (χ0v) is 17.3. The molecule has 1 fully saturated rings. The van der Waals surface area contributed by atoms with Crippen LogP contribution >= 0.6 is 0 Å². The Labute approximate surface area is 181 Å². The highest BCUT2D eigenvalue weighted by atomic mass is 16.3. The third-order valence-electron chi connectivity index (χ3n) is 5.41. The number of carbonyl (C=O) groups is 2. The van der Waals surface area contributed by atoms with Crippen molar-refractivity contribution in [3.8, 4) is 5.69 Å². The minimum atomic E-state index is -0.450. The van der Waals surface area contributed by atoms with Gasteiger partial charge in [-0.15, -0.1) is 0 Å². The number of piperidine rings is 1. The molecule has 3 aromatic rings. The maximum absolute atomic E-state index is 12.6. The van der Waals surface area contributed by atoms with Gasteiger partial charge in [-0.25, -0.2) is 4.68 Å². The molecule has 160 valence electrons. The second kappa shape index (κ2) is 9.57. The summed E-state index contributed by atoms with van der Waals surface area (Å²) in [6.07, 6.45) is 4.72. The Bertz CT molecular complexity index is 1030. The van der Waals surface area contributed by atoms with E-state index in [0.717, 1.165) is 29.7 Å². The van der Waals surface area contributed by atoms with Crippen LogP contribution < -0.4 is 5.32 Å². The molecule has 1 saturated heterocycles. The number of aliphatic hydroxyl groups excluding tert-OH is 1. The van der Waals surface area contributed by atoms with Gasteiger partial charge in [-0.2, -0.15) is 5.10 Å². The van der Waals surface area contributed by atoms with Crippen LogP contribution in [-0.4, -0.2) is 50.8 Å². The van der Waals surface area contributed by atoms with Gasteiger partial charge in [0.2, 0.25) is 5.91 Å². The first-order chi connectivity index (χ1) is 15.1. The summed E-state index contributed by atoms with van der Waals surface area (Å²) < 4.78 is 1.66. The summed E-state index contributed by atoms with van der Waals surface area (Å²) in [7, 11) is 0. The van der Waals surface area contributed by atoms with E-state index in [-0.39, 0.29) is 11.8 Å². The summed E-state index contributed by atoms with van der Waals surface area (Å²) in [6, 6.07) is 17.3. The number of β-amino-alcohol motifs (C(OH)–C–C–N with tert-alkyl or cyclic N) is 1. The van der Waals surface area contributed by atoms with Crippen molar-refractivity contribution >= 4 is 11.8 Å². The SMILES string of the molecule is O=C(Cc1ccccc1)NCc1ccc(-n2cc(C(=O)N3CCCC(O)C3)cn2)cc1. The maximum atomic E-state index is 12.6. The molecule has 0 aliphatic carbocycles. The van der Waals surface area contributed by atoms with Crippen molar-refractivity contribution in [2.45, 2.75) is 31.9 Å². The van der Waals surface area contributed by atoms with E-state index in [9.17, 15) is 14.7 Å². The summed E-state index contributed by atoms with van der Waals surface area (Å²) in [5, 5.41) is 17.0. The normalized spacial score (nSPS) is 16.2. The largest absolute Gasteiger partial charge is 0.391 e. The van der Waals surface area contributed by atoms with E-state index >= 15 is 0 Å². The Balaban J connectivity index is 1.33. The molecule has 1 aromatic heterocycles. The van der Waals surface area contributed by atoms with Crippen molar-refractivity contribution < 1.29 is 14.7 Å². The number of hydrogen-bond acceptors (Lipinski definition) is 4. The molecule has 31 heavy (non-hydrogen) atoms. The zero-order valence-electron chi connectivity index (χ0n) is 17.3. The average Bonchev–Trinajstić information content (AvgIpc) is 3.28. The molecule has 2 amide bonds. The first-order valence-corrected chi connectivity index (χ1v) is 10.5. The van der Waals surface area contributed by atoms with E-state index in [2.05, 4.69) is 10.4 Å². The van der Waals surface area contributed by atoms with Crippen molar-refractivity contribution in [2.75, 3.05) is 13.1 Å². The molecular weight excluding hydrogens is 392 g/mol. The number of rotatable bonds is 6. The molecule has 1 aliphatic heterocycles. The van der Waals surface area contributed by atoms with Gasteiger partial charge in [0.15, 0.2) is 0 Å². The molecule has 2 heterocycles. The van der Waals surface area contributed by atoms with Crippen molar-refractivity contribution in [3.63, 3.8) is 0 Å². The van der Waals surface area contributed by atoms with Crippen LogP contribution in [0.1, 0.15) is 34.3 Å². The van der Waals surface area contributed by atoms with E-state index in [1.807, 2.05) is 54.6 Å². The quantitative estimate of drug-likeness (QED) is 0.643. The molecule has 0 radical (unpaired) electrons. The molecule has 2 N–H and O–H groups in total. The number of likely N-dealkylation sites (tertiary alicyclic amines) is 1. The first-order valence-electron chi connectivity index (χ1n) is 10.5. The summed E-state index contributed by atoms with van der Waals surface area (Å²) in [5.41, 5.74) is 3.30. The Morgan fingerprint density at radius 3 is 2.58 bits per heavy atom. The van der Waals surface area contributed by atoms with Crippen LogP contribution in [0.2, 0.25) is 0 Å². The van der Waals surface area contributed by atoms with Crippen LogP contribution in [-0.2, 0) is 17.8 Å². The smallest absolute Gasteiger partial charge is 0.257 e. The molecule has 2 aromatic carbocycles. The molecule has 7 heteroatoms. The Hall–Kier alpha value is -3.45. The number of nitrogens with zero attached hydrogens (tertiary/aromatic N) is 3. The fourth-order valence-electron chi connectivity index (χ4n) is 3.71. The minimum absolute atomic E-state index is 0.0201. The number of benzene rings is 2. The number of aliphatic hydroxyl groups is 1. The fourth-order valence-corrected chi connectivity index (χ4v) is 3.71. The molecule has 4 rings (SSSR count). The highest BCUT2D eigenvalue weighted by molar-refractivity contribution is 5.93. The van der Waals surface area contributed by atoms with Crippen LogP contribution in [0.25, 0.3) is 5.69 Å². The second-order valence-corrected chi connectivity index (χ2v) is 7.83. The number of hydrogen-bond donors (Lipinski definition) is 2. The summed E-state index contributed by atoms with van der Waals surface area (Å²) in [5.74, 6) is -0.129. The van der Waals surface area contributed by atoms with Crippen LogP contribution in [0.5, 0.6) is 0 Å². The van der Waals surface area contributed by atoms with Crippen molar-refractivity contribution in [3.05, 3.63) is 83.7 Å². The van der Waals surface area contributed by atoms with Gasteiger partial charge >= 0.3 is 0 Å². The third-order valence-corrected chi connectivity index (χ3v) is 5.41. The van der Waals surface area contributed by atoms with E-state index in [1.54, 1.807) is 22.0 Å². The van der Waals surface area contributed by atoms with Crippen molar-refractivity contribution in [2.24, 2.45) is 0 Å². The summed E-state index contributed by atoms with van der Waals surface area (Å²) in [6.45, 7) is 1.48. The molecule has 0 bridgehead atoms. The summed E-state index contributed by atoms with van der Waals surface area (Å²) >= 11 is 0. The van der Waals surface area contributed by atoms with E-state index in [4.69, 9.17) is 0 Å². The van der Waals surface area contributed by atoms with Crippen LogP contribution in [0.3, 0.4) is 0 Å². The first kappa shape index (κ1) is 20.8. The monoisotopic (exact) mass is 418 g/mol. The topological polar surface area (TPSA) is 87.5 Å². The predicted molar refractivity (Wildman–Crippen MR) is 117 cm³/mol. The lowest BCUT2D eigenvalue weighted by atomic mass is 10.1. The highest BCUT2D eigenvalue weighted by Gasteiger charge is 2.24. The molecule has 0 saturated carbocycles. The number of aromatic nitrogens is 2. The minimum Gasteiger partial charge on any atom is -0.391 e. The van der Waals surface area contributed by atoms with Gasteiger partial charge in [0.1, 0.15) is 0 Å². The van der Waals surface area contributed by atoms with Gasteiger partial charge < -0.3 is 15.3 Å². The number of nitrogens with one attached hydrogen (secondary N) is 1. The van der Waals surface area contributed by atoms with Gasteiger partial charge in [-0.1, -0.05) is 42.5 Å². The zero-order chi connectivity index (χ0) is 21.6. The predicted octanol–water partition coefficient (Wildman–Crippen LogP) is 2.33. The molecular formula is C24H26N4O3. The van der Waals surface area contributed by atoms with Gasteiger partial charge in [-0.05, 0) is 36.1 Å². The van der Waals surface area contributed by atoms with Crippen LogP contribution in [0, 0.1) is 0 Å². The molecule has 1 atom stereocenters. The van der Waals surface area contributed by atoms with Gasteiger partial charge in [0.25, 0.3) is 5.91 Å². The van der Waals surface area contributed by atoms with Crippen LogP contribution in [0.15, 0.2) is 67.0 Å². The molecule has 7 nitrogen and oxygen atoms in total. The number of amides is 2. The summed E-state index contributed by atoms with van der Waals surface area (Å²) in [4.78, 5) is 26.4. The molecule has 1 aliphatic rings. The Morgan fingerprint density at radius 1 is 1.06 bits per heavy atom. The number of carbonyl (C=O) groups excluding carboxylic acids is 2. The van der Waals surface area contributed by atoms with Crippen LogP contribution in [0.4, 0.5) is 0 Å². The highest BCUT2D eigenvalue weighted by Crippen LogP contribution is 2.15. The molecule has 0 spiro atoms. The maximum Gasteiger partial charge on any atom is 0.257 e. The fraction of sp³-hybridized carbons (Fsp3) is 0.292. The lowest BCUT2D eigenvalue weighted by molar-refractivity contribution is -0.120. The van der Waals surface area contributed by atoms with Gasteiger partial charge in [0.05, 0.1) is 30.0 Å². The Kier molecular flexibility index (Phi) is 6.43. The van der Waals surface area contributed by atoms with E-state index in [0.29, 0.717) is 31.6 Å². The van der Waals surface area contributed by atoms with Gasteiger partial charge in [-0.3, -0.25) is 9.59 Å². The lowest BCUT2D eigenvalue weighted by Crippen LogP contribution is -2.42.